The van der Waals surface area contributed by atoms with Crippen molar-refractivity contribution in [1.82, 2.24) is 5.32 Å². The molecule has 1 heterocycles. The first-order valence-electron chi connectivity index (χ1n) is 6.59. The van der Waals surface area contributed by atoms with Crippen molar-refractivity contribution < 1.29 is 9.53 Å². The Morgan fingerprint density at radius 3 is 2.86 bits per heavy atom. The Hall–Kier alpha value is -1.71. The zero-order valence-electron chi connectivity index (χ0n) is 11.1. The molecule has 1 amide bonds. The quantitative estimate of drug-likeness (QED) is 0.937. The van der Waals surface area contributed by atoms with Crippen molar-refractivity contribution in [3.63, 3.8) is 0 Å². The van der Waals surface area contributed by atoms with Gasteiger partial charge < -0.3 is 10.1 Å². The van der Waals surface area contributed by atoms with Gasteiger partial charge in [-0.05, 0) is 35.4 Å². The Balaban J connectivity index is 1.62. The number of carbonyl (C=O) groups excluding carboxylic acids is 1. The normalized spacial score (nSPS) is 16.2. The van der Waals surface area contributed by atoms with Crippen LogP contribution in [0.3, 0.4) is 0 Å². The molecule has 0 radical (unpaired) electrons. The summed E-state index contributed by atoms with van der Waals surface area (Å²) in [6.07, 6.45) is 0.0190. The van der Waals surface area contributed by atoms with Gasteiger partial charge in [-0.3, -0.25) is 4.79 Å². The van der Waals surface area contributed by atoms with Gasteiger partial charge in [0.25, 0.3) is 5.91 Å². The van der Waals surface area contributed by atoms with Gasteiger partial charge in [-0.2, -0.15) is 0 Å². The standard InChI is InChI=1S/C16H13Cl2NO2/c17-12-5-6-14-11(7-12)8-15(21-14)16(20)19-9-10-3-1-2-4-13(10)18/h1-7,15H,8-9H2,(H,19,20). The molecule has 0 saturated heterocycles. The fourth-order valence-electron chi connectivity index (χ4n) is 2.30. The Morgan fingerprint density at radius 1 is 1.24 bits per heavy atom. The number of fused-ring (bicyclic) bond motifs is 1. The van der Waals surface area contributed by atoms with Gasteiger partial charge in [0.2, 0.25) is 0 Å². The number of hydrogen-bond acceptors (Lipinski definition) is 2. The number of benzene rings is 2. The highest BCUT2D eigenvalue weighted by molar-refractivity contribution is 6.31. The molecule has 0 aliphatic carbocycles. The van der Waals surface area contributed by atoms with Gasteiger partial charge in [0.1, 0.15) is 5.75 Å². The van der Waals surface area contributed by atoms with Crippen LogP contribution in [0.15, 0.2) is 42.5 Å². The molecule has 1 aliphatic heterocycles. The molecule has 3 nitrogen and oxygen atoms in total. The van der Waals surface area contributed by atoms with Crippen LogP contribution in [-0.4, -0.2) is 12.0 Å². The van der Waals surface area contributed by atoms with E-state index in [0.29, 0.717) is 23.0 Å². The van der Waals surface area contributed by atoms with Gasteiger partial charge >= 0.3 is 0 Å². The fourth-order valence-corrected chi connectivity index (χ4v) is 2.70. The number of nitrogens with one attached hydrogen (secondary N) is 1. The average molecular weight is 322 g/mol. The van der Waals surface area contributed by atoms with Crippen LogP contribution in [0, 0.1) is 0 Å². The molecule has 0 aromatic heterocycles. The molecule has 1 aliphatic rings. The topological polar surface area (TPSA) is 38.3 Å². The van der Waals surface area contributed by atoms with Crippen molar-refractivity contribution in [3.05, 3.63) is 63.6 Å². The third-order valence-electron chi connectivity index (χ3n) is 3.40. The smallest absolute Gasteiger partial charge is 0.261 e. The summed E-state index contributed by atoms with van der Waals surface area (Å²) in [6, 6.07) is 12.8. The molecule has 0 saturated carbocycles. The minimum absolute atomic E-state index is 0.151. The Kier molecular flexibility index (Phi) is 4.04. The summed E-state index contributed by atoms with van der Waals surface area (Å²) in [7, 11) is 0. The minimum Gasteiger partial charge on any atom is -0.480 e. The zero-order valence-corrected chi connectivity index (χ0v) is 12.6. The third-order valence-corrected chi connectivity index (χ3v) is 4.00. The van der Waals surface area contributed by atoms with Crippen molar-refractivity contribution in [2.75, 3.05) is 0 Å². The summed E-state index contributed by atoms with van der Waals surface area (Å²) in [5, 5.41) is 4.14. The van der Waals surface area contributed by atoms with E-state index in [1.807, 2.05) is 24.3 Å². The van der Waals surface area contributed by atoms with E-state index in [0.717, 1.165) is 16.9 Å². The molecule has 0 fully saturated rings. The van der Waals surface area contributed by atoms with E-state index < -0.39 is 6.10 Å². The van der Waals surface area contributed by atoms with E-state index in [9.17, 15) is 4.79 Å². The number of carbonyl (C=O) groups is 1. The van der Waals surface area contributed by atoms with Gasteiger partial charge in [0.15, 0.2) is 6.10 Å². The Bertz CT molecular complexity index is 688. The molecular formula is C16H13Cl2NO2. The summed E-state index contributed by atoms with van der Waals surface area (Å²) < 4.78 is 5.64. The van der Waals surface area contributed by atoms with E-state index in [1.165, 1.54) is 0 Å². The van der Waals surface area contributed by atoms with Crippen LogP contribution in [0.1, 0.15) is 11.1 Å². The van der Waals surface area contributed by atoms with Crippen molar-refractivity contribution in [3.8, 4) is 5.75 Å². The van der Waals surface area contributed by atoms with Gasteiger partial charge in [0, 0.05) is 23.0 Å². The average Bonchev–Trinajstić information content (AvgIpc) is 2.89. The van der Waals surface area contributed by atoms with Crippen LogP contribution in [-0.2, 0) is 17.8 Å². The maximum absolute atomic E-state index is 12.2. The Morgan fingerprint density at radius 2 is 2.05 bits per heavy atom. The van der Waals surface area contributed by atoms with Crippen LogP contribution in [0.4, 0.5) is 0 Å². The summed E-state index contributed by atoms with van der Waals surface area (Å²) in [6.45, 7) is 0.384. The van der Waals surface area contributed by atoms with Gasteiger partial charge in [-0.15, -0.1) is 0 Å². The lowest BCUT2D eigenvalue weighted by molar-refractivity contribution is -0.127. The van der Waals surface area contributed by atoms with E-state index in [-0.39, 0.29) is 5.91 Å². The first-order chi connectivity index (χ1) is 10.1. The first-order valence-corrected chi connectivity index (χ1v) is 7.35. The number of rotatable bonds is 3. The third kappa shape index (κ3) is 3.14. The molecule has 0 bridgehead atoms. The van der Waals surface area contributed by atoms with E-state index in [1.54, 1.807) is 18.2 Å². The molecule has 0 spiro atoms. The highest BCUT2D eigenvalue weighted by Crippen LogP contribution is 2.31. The summed E-state index contributed by atoms with van der Waals surface area (Å²) in [5.41, 5.74) is 1.84. The highest BCUT2D eigenvalue weighted by Gasteiger charge is 2.29. The Labute approximate surface area is 132 Å². The van der Waals surface area contributed by atoms with Crippen LogP contribution in [0.25, 0.3) is 0 Å². The predicted molar refractivity (Wildman–Crippen MR) is 82.9 cm³/mol. The molecule has 1 unspecified atom stereocenters. The molecular weight excluding hydrogens is 309 g/mol. The monoisotopic (exact) mass is 321 g/mol. The minimum atomic E-state index is -0.513. The lowest BCUT2D eigenvalue weighted by atomic mass is 10.1. The maximum Gasteiger partial charge on any atom is 0.261 e. The second kappa shape index (κ2) is 5.96. The number of hydrogen-bond donors (Lipinski definition) is 1. The molecule has 1 atom stereocenters. The van der Waals surface area contributed by atoms with E-state index in [4.69, 9.17) is 27.9 Å². The van der Waals surface area contributed by atoms with Gasteiger partial charge in [-0.1, -0.05) is 41.4 Å². The van der Waals surface area contributed by atoms with E-state index in [2.05, 4.69) is 5.32 Å². The fraction of sp³-hybridized carbons (Fsp3) is 0.188. The SMILES string of the molecule is O=C(NCc1ccccc1Cl)C1Cc2cc(Cl)ccc2O1. The molecule has 1 N–H and O–H groups in total. The lowest BCUT2D eigenvalue weighted by Crippen LogP contribution is -2.37. The molecule has 2 aromatic rings. The predicted octanol–water partition coefficient (Wildman–Crippen LogP) is 3.61. The first kappa shape index (κ1) is 14.2. The number of ether oxygens (including phenoxy) is 1. The zero-order chi connectivity index (χ0) is 14.8. The van der Waals surface area contributed by atoms with E-state index >= 15 is 0 Å². The highest BCUT2D eigenvalue weighted by atomic mass is 35.5. The molecule has 5 heteroatoms. The summed E-state index contributed by atoms with van der Waals surface area (Å²) in [4.78, 5) is 12.2. The number of amides is 1. The van der Waals surface area contributed by atoms with Crippen LogP contribution >= 0.6 is 23.2 Å². The second-order valence-corrected chi connectivity index (χ2v) is 5.72. The molecule has 2 aromatic carbocycles. The molecule has 3 rings (SSSR count). The maximum atomic E-state index is 12.2. The van der Waals surface area contributed by atoms with Crippen molar-refractivity contribution in [1.29, 1.82) is 0 Å². The lowest BCUT2D eigenvalue weighted by Gasteiger charge is -2.12. The molecule has 21 heavy (non-hydrogen) atoms. The van der Waals surface area contributed by atoms with Crippen molar-refractivity contribution >= 4 is 29.1 Å². The second-order valence-electron chi connectivity index (χ2n) is 4.87. The van der Waals surface area contributed by atoms with Crippen molar-refractivity contribution in [2.45, 2.75) is 19.1 Å². The van der Waals surface area contributed by atoms with Crippen LogP contribution in [0.2, 0.25) is 10.0 Å². The van der Waals surface area contributed by atoms with Crippen molar-refractivity contribution in [2.24, 2.45) is 0 Å². The van der Waals surface area contributed by atoms with Gasteiger partial charge in [0.05, 0.1) is 0 Å². The van der Waals surface area contributed by atoms with Crippen LogP contribution < -0.4 is 10.1 Å². The number of halogens is 2. The van der Waals surface area contributed by atoms with Crippen LogP contribution in [0.5, 0.6) is 5.75 Å². The largest absolute Gasteiger partial charge is 0.480 e. The molecule has 108 valence electrons. The summed E-state index contributed by atoms with van der Waals surface area (Å²) >= 11 is 12.0. The summed E-state index contributed by atoms with van der Waals surface area (Å²) in [5.74, 6) is 0.569. The van der Waals surface area contributed by atoms with Gasteiger partial charge in [-0.25, -0.2) is 0 Å².